The lowest BCUT2D eigenvalue weighted by Gasteiger charge is -2.10. The molecular formula is C20H19F3N2O5S. The van der Waals surface area contributed by atoms with Gasteiger partial charge in [0.15, 0.2) is 0 Å². The van der Waals surface area contributed by atoms with Gasteiger partial charge in [0.25, 0.3) is 10.0 Å². The smallest absolute Gasteiger partial charge is 0.490 e. The molecule has 11 heteroatoms. The van der Waals surface area contributed by atoms with Crippen LogP contribution in [0.15, 0.2) is 59.6 Å². The molecule has 2 N–H and O–H groups in total. The minimum atomic E-state index is -5.08. The fourth-order valence-electron chi connectivity index (χ4n) is 3.02. The molecule has 0 amide bonds. The summed E-state index contributed by atoms with van der Waals surface area (Å²) in [5.41, 5.74) is 1.66. The van der Waals surface area contributed by atoms with Gasteiger partial charge in [-0.1, -0.05) is 18.2 Å². The zero-order chi connectivity index (χ0) is 22.8. The maximum atomic E-state index is 12.9. The standard InChI is InChI=1S/C18H18N2O3S.C2HF3O2/c1-13-12-23-18-8-7-17-15(16(18)11-19-13)9-10-20(17)24(21,22)14-5-3-2-4-6-14;3-2(4,5)1(6)7/h2-10,13,19H,11-12H2,1H3;(H,6,7)/t13-;/m0./s1. The number of aliphatic carboxylic acids is 1. The van der Waals surface area contributed by atoms with E-state index in [1.165, 1.54) is 3.97 Å². The quantitative estimate of drug-likeness (QED) is 0.614. The average Bonchev–Trinajstić information content (AvgIpc) is 3.07. The molecule has 1 aliphatic rings. The van der Waals surface area contributed by atoms with Crippen LogP contribution in [0.4, 0.5) is 13.2 Å². The monoisotopic (exact) mass is 456 g/mol. The molecule has 0 fully saturated rings. The first-order chi connectivity index (χ1) is 14.5. The van der Waals surface area contributed by atoms with E-state index in [0.717, 1.165) is 16.7 Å². The van der Waals surface area contributed by atoms with Crippen LogP contribution in [-0.2, 0) is 21.4 Å². The van der Waals surface area contributed by atoms with Crippen molar-refractivity contribution in [2.24, 2.45) is 0 Å². The van der Waals surface area contributed by atoms with Crippen molar-refractivity contribution in [2.75, 3.05) is 6.61 Å². The number of rotatable bonds is 2. The zero-order valence-corrected chi connectivity index (χ0v) is 17.1. The Hall–Kier alpha value is -3.05. The largest absolute Gasteiger partial charge is 0.492 e. The van der Waals surface area contributed by atoms with E-state index in [1.807, 2.05) is 18.2 Å². The molecule has 0 unspecified atom stereocenters. The number of alkyl halides is 3. The Morgan fingerprint density at radius 2 is 1.81 bits per heavy atom. The summed E-state index contributed by atoms with van der Waals surface area (Å²) in [4.78, 5) is 9.17. The highest BCUT2D eigenvalue weighted by molar-refractivity contribution is 7.90. The van der Waals surface area contributed by atoms with Crippen molar-refractivity contribution >= 4 is 26.9 Å². The van der Waals surface area contributed by atoms with E-state index >= 15 is 0 Å². The molecule has 0 spiro atoms. The second-order valence-corrected chi connectivity index (χ2v) is 8.62. The normalized spacial score (nSPS) is 16.5. The summed E-state index contributed by atoms with van der Waals surface area (Å²) in [5.74, 6) is -1.94. The third-order valence-electron chi connectivity index (χ3n) is 4.56. The second-order valence-electron chi connectivity index (χ2n) is 6.80. The van der Waals surface area contributed by atoms with Crippen LogP contribution in [0.5, 0.6) is 5.75 Å². The van der Waals surface area contributed by atoms with Crippen LogP contribution in [0.25, 0.3) is 10.9 Å². The molecule has 31 heavy (non-hydrogen) atoms. The number of halogens is 3. The first kappa shape index (κ1) is 22.6. The predicted molar refractivity (Wildman–Crippen MR) is 106 cm³/mol. The molecule has 0 radical (unpaired) electrons. The molecule has 1 aromatic heterocycles. The fourth-order valence-corrected chi connectivity index (χ4v) is 4.38. The minimum absolute atomic E-state index is 0.252. The maximum absolute atomic E-state index is 12.9. The Balaban J connectivity index is 0.000000339. The van der Waals surface area contributed by atoms with Gasteiger partial charge in [-0.05, 0) is 37.3 Å². The van der Waals surface area contributed by atoms with Crippen molar-refractivity contribution in [3.63, 3.8) is 0 Å². The molecule has 0 bridgehead atoms. The van der Waals surface area contributed by atoms with Crippen molar-refractivity contribution in [1.82, 2.24) is 9.29 Å². The Morgan fingerprint density at radius 3 is 2.42 bits per heavy atom. The van der Waals surface area contributed by atoms with E-state index in [1.54, 1.807) is 36.5 Å². The van der Waals surface area contributed by atoms with E-state index in [2.05, 4.69) is 12.2 Å². The van der Waals surface area contributed by atoms with Gasteiger partial charge >= 0.3 is 12.1 Å². The molecule has 4 rings (SSSR count). The highest BCUT2D eigenvalue weighted by Crippen LogP contribution is 2.32. The number of aromatic nitrogens is 1. The lowest BCUT2D eigenvalue weighted by Crippen LogP contribution is -2.28. The second kappa shape index (κ2) is 8.60. The number of hydrogen-bond donors (Lipinski definition) is 2. The van der Waals surface area contributed by atoms with Crippen molar-refractivity contribution in [3.05, 3.63) is 60.3 Å². The topological polar surface area (TPSA) is 97.6 Å². The molecule has 0 aliphatic carbocycles. The minimum Gasteiger partial charge on any atom is -0.492 e. The van der Waals surface area contributed by atoms with Crippen molar-refractivity contribution < 1.29 is 36.2 Å². The SMILES string of the molecule is C[C@H]1COc2ccc3c(ccn3S(=O)(=O)c3ccccc3)c2CN1.O=C(O)C(F)(F)F. The summed E-state index contributed by atoms with van der Waals surface area (Å²) < 4.78 is 64.7. The Bertz CT molecular complexity index is 1190. The third kappa shape index (κ3) is 4.83. The number of ether oxygens (including phenoxy) is 1. The lowest BCUT2D eigenvalue weighted by molar-refractivity contribution is -0.192. The molecule has 0 saturated heterocycles. The first-order valence-electron chi connectivity index (χ1n) is 9.11. The number of nitrogens with one attached hydrogen (secondary N) is 1. The van der Waals surface area contributed by atoms with Crippen molar-refractivity contribution in [3.8, 4) is 5.75 Å². The summed E-state index contributed by atoms with van der Waals surface area (Å²) in [6.45, 7) is 3.32. The molecule has 2 aromatic carbocycles. The Kier molecular flexibility index (Phi) is 6.27. The van der Waals surface area contributed by atoms with Crippen molar-refractivity contribution in [1.29, 1.82) is 0 Å². The highest BCUT2D eigenvalue weighted by atomic mass is 32.2. The summed E-state index contributed by atoms with van der Waals surface area (Å²) in [7, 11) is -3.61. The van der Waals surface area contributed by atoms with E-state index in [4.69, 9.17) is 14.6 Å². The van der Waals surface area contributed by atoms with Gasteiger partial charge < -0.3 is 15.2 Å². The summed E-state index contributed by atoms with van der Waals surface area (Å²) in [6, 6.07) is 14.2. The van der Waals surface area contributed by atoms with E-state index < -0.39 is 22.2 Å². The van der Waals surface area contributed by atoms with Crippen LogP contribution in [0.2, 0.25) is 0 Å². The van der Waals surface area contributed by atoms with E-state index in [9.17, 15) is 21.6 Å². The lowest BCUT2D eigenvalue weighted by atomic mass is 10.1. The molecule has 7 nitrogen and oxygen atoms in total. The van der Waals surface area contributed by atoms with Crippen LogP contribution in [0.3, 0.4) is 0 Å². The first-order valence-corrected chi connectivity index (χ1v) is 10.6. The number of carboxylic acid groups (broad SMARTS) is 1. The zero-order valence-electron chi connectivity index (χ0n) is 16.3. The van der Waals surface area contributed by atoms with Gasteiger partial charge in [0.1, 0.15) is 12.4 Å². The molecule has 2 heterocycles. The Morgan fingerprint density at radius 1 is 1.16 bits per heavy atom. The number of nitrogens with zero attached hydrogens (tertiary/aromatic N) is 1. The average molecular weight is 456 g/mol. The van der Waals surface area contributed by atoms with Gasteiger partial charge in [0.05, 0.1) is 10.4 Å². The van der Waals surface area contributed by atoms with Crippen LogP contribution in [0.1, 0.15) is 12.5 Å². The number of carboxylic acids is 1. The molecular weight excluding hydrogens is 437 g/mol. The van der Waals surface area contributed by atoms with Crippen molar-refractivity contribution in [2.45, 2.75) is 30.6 Å². The van der Waals surface area contributed by atoms with Gasteiger partial charge in [-0.3, -0.25) is 0 Å². The molecule has 3 aromatic rings. The van der Waals surface area contributed by atoms with Gasteiger partial charge in [0, 0.05) is 29.7 Å². The molecule has 1 aliphatic heterocycles. The predicted octanol–water partition coefficient (Wildman–Crippen LogP) is 3.38. The fraction of sp³-hybridized carbons (Fsp3) is 0.250. The molecule has 166 valence electrons. The third-order valence-corrected chi connectivity index (χ3v) is 6.27. The number of benzene rings is 2. The van der Waals surface area contributed by atoms with Gasteiger partial charge in [-0.25, -0.2) is 17.2 Å². The Labute approximate surface area is 176 Å². The summed E-state index contributed by atoms with van der Waals surface area (Å²) in [6.07, 6.45) is -3.47. The van der Waals surface area contributed by atoms with Gasteiger partial charge in [-0.15, -0.1) is 0 Å². The van der Waals surface area contributed by atoms with Crippen LogP contribution >= 0.6 is 0 Å². The summed E-state index contributed by atoms with van der Waals surface area (Å²) >= 11 is 0. The number of hydrogen-bond acceptors (Lipinski definition) is 5. The van der Waals surface area contributed by atoms with Gasteiger partial charge in [0.2, 0.25) is 0 Å². The maximum Gasteiger partial charge on any atom is 0.490 e. The molecule has 0 saturated carbocycles. The van der Waals surface area contributed by atoms with E-state index in [-0.39, 0.29) is 10.9 Å². The van der Waals surface area contributed by atoms with Crippen LogP contribution in [-0.4, -0.2) is 42.3 Å². The summed E-state index contributed by atoms with van der Waals surface area (Å²) in [5, 5.41) is 11.4. The number of fused-ring (bicyclic) bond motifs is 3. The van der Waals surface area contributed by atoms with E-state index in [0.29, 0.717) is 18.7 Å². The molecule has 1 atom stereocenters. The highest BCUT2D eigenvalue weighted by Gasteiger charge is 2.38. The van der Waals surface area contributed by atoms with Crippen LogP contribution < -0.4 is 10.1 Å². The van der Waals surface area contributed by atoms with Crippen LogP contribution in [0, 0.1) is 0 Å². The van der Waals surface area contributed by atoms with Gasteiger partial charge in [-0.2, -0.15) is 13.2 Å². The number of carbonyl (C=O) groups is 1.